The zero-order valence-corrected chi connectivity index (χ0v) is 23.8. The highest BCUT2D eigenvalue weighted by Gasteiger charge is 2.53. The van der Waals surface area contributed by atoms with E-state index in [4.69, 9.17) is 23.7 Å². The van der Waals surface area contributed by atoms with Crippen LogP contribution in [0, 0.1) is 18.8 Å². The third-order valence-corrected chi connectivity index (χ3v) is 6.85. The second kappa shape index (κ2) is 13.4. The fourth-order valence-corrected chi connectivity index (χ4v) is 5.14. The lowest BCUT2D eigenvalue weighted by Crippen LogP contribution is -2.50. The molecule has 9 nitrogen and oxygen atoms in total. The molecule has 0 saturated carbocycles. The molecule has 214 valence electrons. The number of Topliss-reactive ketones (excluding diaryl/α,β-unsaturated/α-hetero) is 1. The van der Waals surface area contributed by atoms with Crippen LogP contribution in [-0.4, -0.2) is 72.5 Å². The van der Waals surface area contributed by atoms with E-state index in [9.17, 15) is 14.4 Å². The molecule has 3 rings (SSSR count). The third kappa shape index (κ3) is 7.35. The van der Waals surface area contributed by atoms with Crippen LogP contribution in [-0.2, 0) is 25.4 Å². The van der Waals surface area contributed by atoms with Crippen molar-refractivity contribution in [2.24, 2.45) is 11.8 Å². The van der Waals surface area contributed by atoms with Crippen molar-refractivity contribution in [2.45, 2.75) is 66.0 Å². The van der Waals surface area contributed by atoms with Crippen molar-refractivity contribution in [3.05, 3.63) is 47.4 Å². The predicted molar refractivity (Wildman–Crippen MR) is 145 cm³/mol. The number of aliphatic hydroxyl groups excluding tert-OH is 1. The lowest BCUT2D eigenvalue weighted by Gasteiger charge is -2.31. The SMILES string of the molecule is Cc1cccc(-c2cc(C(=O)[C@@H](C)C(=O)N3C(=O)OC(C)(C)[C@H]3C(C)C)oc2CCCOCCOCCO)c1. The van der Waals surface area contributed by atoms with Crippen LogP contribution in [0.4, 0.5) is 4.79 Å². The van der Waals surface area contributed by atoms with Gasteiger partial charge in [0.25, 0.3) is 0 Å². The second-order valence-electron chi connectivity index (χ2n) is 10.8. The maximum absolute atomic E-state index is 13.5. The minimum absolute atomic E-state index is 0.0239. The molecule has 0 unspecified atom stereocenters. The Kier molecular flexibility index (Phi) is 10.5. The van der Waals surface area contributed by atoms with Gasteiger partial charge in [0.15, 0.2) is 5.76 Å². The summed E-state index contributed by atoms with van der Waals surface area (Å²) in [7, 11) is 0. The van der Waals surface area contributed by atoms with Crippen LogP contribution < -0.4 is 0 Å². The number of imide groups is 1. The van der Waals surface area contributed by atoms with E-state index in [0.717, 1.165) is 21.6 Å². The minimum Gasteiger partial charge on any atom is -0.457 e. The van der Waals surface area contributed by atoms with Crippen molar-refractivity contribution in [3.8, 4) is 11.1 Å². The van der Waals surface area contributed by atoms with Gasteiger partial charge >= 0.3 is 6.09 Å². The van der Waals surface area contributed by atoms with Gasteiger partial charge in [-0.1, -0.05) is 43.7 Å². The third-order valence-electron chi connectivity index (χ3n) is 6.85. The van der Waals surface area contributed by atoms with Gasteiger partial charge in [-0.15, -0.1) is 0 Å². The van der Waals surface area contributed by atoms with Crippen molar-refractivity contribution in [3.63, 3.8) is 0 Å². The predicted octanol–water partition coefficient (Wildman–Crippen LogP) is 4.81. The molecule has 2 aromatic rings. The number of ketones is 1. The Hall–Kier alpha value is -3.01. The number of hydrogen-bond donors (Lipinski definition) is 1. The average Bonchev–Trinajstić information content (AvgIpc) is 3.41. The molecule has 2 heterocycles. The number of hydrogen-bond acceptors (Lipinski definition) is 8. The van der Waals surface area contributed by atoms with Crippen molar-refractivity contribution in [1.29, 1.82) is 0 Å². The quantitative estimate of drug-likeness (QED) is 0.205. The molecule has 9 heteroatoms. The molecule has 1 aliphatic heterocycles. The maximum Gasteiger partial charge on any atom is 0.417 e. The number of furan rings is 1. The first-order valence-corrected chi connectivity index (χ1v) is 13.5. The molecule has 1 aliphatic rings. The zero-order chi connectivity index (χ0) is 28.7. The Bertz CT molecular complexity index is 1150. The Balaban J connectivity index is 1.78. The molecule has 1 saturated heterocycles. The lowest BCUT2D eigenvalue weighted by molar-refractivity contribution is -0.132. The van der Waals surface area contributed by atoms with Gasteiger partial charge in [0.05, 0.1) is 32.5 Å². The molecule has 1 aromatic carbocycles. The smallest absolute Gasteiger partial charge is 0.417 e. The number of nitrogens with zero attached hydrogens (tertiary/aromatic N) is 1. The summed E-state index contributed by atoms with van der Waals surface area (Å²) in [6.45, 7) is 12.4. The van der Waals surface area contributed by atoms with Gasteiger partial charge in [0, 0.05) is 18.6 Å². The summed E-state index contributed by atoms with van der Waals surface area (Å²) in [5, 5.41) is 8.75. The number of benzene rings is 1. The summed E-state index contributed by atoms with van der Waals surface area (Å²) >= 11 is 0. The van der Waals surface area contributed by atoms with E-state index >= 15 is 0 Å². The summed E-state index contributed by atoms with van der Waals surface area (Å²) in [5.41, 5.74) is 1.91. The first kappa shape index (κ1) is 30.5. The van der Waals surface area contributed by atoms with Crippen LogP contribution in [0.5, 0.6) is 0 Å². The van der Waals surface area contributed by atoms with E-state index < -0.39 is 35.3 Å². The van der Waals surface area contributed by atoms with Crippen molar-refractivity contribution in [1.82, 2.24) is 4.90 Å². The first-order chi connectivity index (χ1) is 18.5. The standard InChI is InChI=1S/C30H41NO8/c1-19(2)27-30(5,6)39-29(35)31(27)28(34)21(4)26(33)25-18-23(22-10-7-9-20(3)17-22)24(38-25)11-8-13-36-15-16-37-14-12-32/h7,9-10,17-19,21,27,32H,8,11-16H2,1-6H3/t21-,27-/m1/s1. The Morgan fingerprint density at radius 1 is 1.08 bits per heavy atom. The van der Waals surface area contributed by atoms with Gasteiger partial charge in [-0.25, -0.2) is 9.69 Å². The van der Waals surface area contributed by atoms with Gasteiger partial charge in [0.1, 0.15) is 17.3 Å². The average molecular weight is 544 g/mol. The summed E-state index contributed by atoms with van der Waals surface area (Å²) < 4.78 is 22.3. The Morgan fingerprint density at radius 3 is 2.41 bits per heavy atom. The number of rotatable bonds is 14. The van der Waals surface area contributed by atoms with Gasteiger partial charge < -0.3 is 23.7 Å². The first-order valence-electron chi connectivity index (χ1n) is 13.5. The van der Waals surface area contributed by atoms with Crippen LogP contribution in [0.3, 0.4) is 0 Å². The van der Waals surface area contributed by atoms with E-state index in [2.05, 4.69) is 0 Å². The summed E-state index contributed by atoms with van der Waals surface area (Å²) in [6.07, 6.45) is 0.447. The minimum atomic E-state index is -1.13. The Labute approximate surface area is 230 Å². The Morgan fingerprint density at radius 2 is 1.77 bits per heavy atom. The molecule has 0 spiro atoms. The number of carbonyl (C=O) groups excluding carboxylic acids is 3. The van der Waals surface area contributed by atoms with Crippen LogP contribution in [0.25, 0.3) is 11.1 Å². The number of carbonyl (C=O) groups is 3. The van der Waals surface area contributed by atoms with Gasteiger partial charge in [-0.3, -0.25) is 9.59 Å². The molecular formula is C30H41NO8. The number of aryl methyl sites for hydroxylation is 2. The highest BCUT2D eigenvalue weighted by atomic mass is 16.6. The van der Waals surface area contributed by atoms with Gasteiger partial charge in [-0.05, 0) is 51.7 Å². The summed E-state index contributed by atoms with van der Waals surface area (Å²) in [5.74, 6) is -1.55. The van der Waals surface area contributed by atoms with E-state index in [1.165, 1.54) is 6.92 Å². The van der Waals surface area contributed by atoms with Crippen molar-refractivity contribution in [2.75, 3.05) is 33.0 Å². The van der Waals surface area contributed by atoms with Crippen molar-refractivity contribution >= 4 is 17.8 Å². The molecule has 0 aliphatic carbocycles. The molecule has 39 heavy (non-hydrogen) atoms. The topological polar surface area (TPSA) is 116 Å². The molecule has 1 fully saturated rings. The summed E-state index contributed by atoms with van der Waals surface area (Å²) in [4.78, 5) is 40.7. The van der Waals surface area contributed by atoms with E-state index in [-0.39, 0.29) is 24.9 Å². The fourth-order valence-electron chi connectivity index (χ4n) is 5.14. The fraction of sp³-hybridized carbons (Fsp3) is 0.567. The van der Waals surface area contributed by atoms with Crippen molar-refractivity contribution < 1.29 is 38.1 Å². The normalized spacial score (nSPS) is 17.5. The van der Waals surface area contributed by atoms with Gasteiger partial charge in [0.2, 0.25) is 11.7 Å². The largest absolute Gasteiger partial charge is 0.457 e. The van der Waals surface area contributed by atoms with Crippen LogP contribution >= 0.6 is 0 Å². The van der Waals surface area contributed by atoms with Crippen LogP contribution in [0.15, 0.2) is 34.7 Å². The van der Waals surface area contributed by atoms with E-state index in [1.807, 2.05) is 45.0 Å². The van der Waals surface area contributed by atoms with E-state index in [0.29, 0.717) is 38.4 Å². The molecule has 0 radical (unpaired) electrons. The number of cyclic esters (lactones) is 1. The maximum atomic E-state index is 13.5. The highest BCUT2D eigenvalue weighted by Crippen LogP contribution is 2.36. The second-order valence-corrected chi connectivity index (χ2v) is 10.8. The molecule has 1 aromatic heterocycles. The van der Waals surface area contributed by atoms with Crippen LogP contribution in [0.2, 0.25) is 0 Å². The molecular weight excluding hydrogens is 502 g/mol. The number of amides is 2. The number of ether oxygens (including phenoxy) is 3. The monoisotopic (exact) mass is 543 g/mol. The molecule has 2 atom stereocenters. The highest BCUT2D eigenvalue weighted by molar-refractivity contribution is 6.12. The number of aliphatic hydroxyl groups is 1. The molecule has 0 bridgehead atoms. The zero-order valence-electron chi connectivity index (χ0n) is 23.8. The summed E-state index contributed by atoms with van der Waals surface area (Å²) in [6, 6.07) is 9.10. The van der Waals surface area contributed by atoms with E-state index in [1.54, 1.807) is 19.9 Å². The molecule has 2 amide bonds. The lowest BCUT2D eigenvalue weighted by atomic mass is 9.88. The van der Waals surface area contributed by atoms with Gasteiger partial charge in [-0.2, -0.15) is 0 Å². The van der Waals surface area contributed by atoms with Crippen LogP contribution in [0.1, 0.15) is 62.9 Å². The molecule has 1 N–H and O–H groups in total.